The number of anilines is 2. The third-order valence-electron chi connectivity index (χ3n) is 4.43. The van der Waals surface area contributed by atoms with Crippen LogP contribution in [0.1, 0.15) is 31.5 Å². The minimum atomic E-state index is 0.0619. The number of pyridine rings is 1. The molecule has 112 valence electrons. The molecular formula is C16H17N5O. The molecule has 1 aliphatic carbocycles. The van der Waals surface area contributed by atoms with Crippen LogP contribution in [0.3, 0.4) is 0 Å². The second kappa shape index (κ2) is 4.76. The highest BCUT2D eigenvalue weighted by Crippen LogP contribution is 2.45. The minimum absolute atomic E-state index is 0.0619. The van der Waals surface area contributed by atoms with Gasteiger partial charge < -0.3 is 10.2 Å². The first kappa shape index (κ1) is 13.2. The van der Waals surface area contributed by atoms with Gasteiger partial charge in [0.15, 0.2) is 5.82 Å². The predicted octanol–water partition coefficient (Wildman–Crippen LogP) is 2.40. The predicted molar refractivity (Wildman–Crippen MR) is 83.4 cm³/mol. The van der Waals surface area contributed by atoms with E-state index in [1.165, 1.54) is 0 Å². The van der Waals surface area contributed by atoms with Gasteiger partial charge in [0, 0.05) is 37.1 Å². The van der Waals surface area contributed by atoms with Crippen LogP contribution >= 0.6 is 0 Å². The minimum Gasteiger partial charge on any atom is -0.363 e. The number of aromatic nitrogens is 3. The molecule has 6 heteroatoms. The number of hydrogen-bond donors (Lipinski definition) is 1. The van der Waals surface area contributed by atoms with Crippen molar-refractivity contribution in [3.05, 3.63) is 30.4 Å². The summed E-state index contributed by atoms with van der Waals surface area (Å²) in [5.74, 6) is 0.822. The van der Waals surface area contributed by atoms with Gasteiger partial charge in [-0.05, 0) is 25.8 Å². The fraction of sp³-hybridized carbons (Fsp3) is 0.375. The van der Waals surface area contributed by atoms with Crippen molar-refractivity contribution in [3.8, 4) is 11.3 Å². The first-order valence-corrected chi connectivity index (χ1v) is 7.51. The number of fused-ring (bicyclic) bond motifs is 3. The molecule has 0 radical (unpaired) electrons. The van der Waals surface area contributed by atoms with Crippen LogP contribution in [-0.2, 0) is 4.79 Å². The maximum absolute atomic E-state index is 12.1. The number of nitrogens with zero attached hydrogens (tertiary/aromatic N) is 4. The molecular weight excluding hydrogens is 278 g/mol. The van der Waals surface area contributed by atoms with Crippen LogP contribution < -0.4 is 10.2 Å². The van der Waals surface area contributed by atoms with E-state index in [0.717, 1.165) is 35.5 Å². The highest BCUT2D eigenvalue weighted by atomic mass is 16.2. The highest BCUT2D eigenvalue weighted by molar-refractivity contribution is 5.99. The molecule has 1 atom stereocenters. The van der Waals surface area contributed by atoms with Crippen molar-refractivity contribution in [2.24, 2.45) is 5.92 Å². The third kappa shape index (κ3) is 1.94. The van der Waals surface area contributed by atoms with E-state index in [4.69, 9.17) is 0 Å². The summed E-state index contributed by atoms with van der Waals surface area (Å²) in [6.07, 6.45) is 7.07. The van der Waals surface area contributed by atoms with E-state index in [1.807, 2.05) is 13.1 Å². The molecule has 2 aromatic rings. The Balaban J connectivity index is 1.84. The molecule has 6 nitrogen and oxygen atoms in total. The summed E-state index contributed by atoms with van der Waals surface area (Å²) in [4.78, 5) is 27.5. The molecule has 1 amide bonds. The number of rotatable bonds is 2. The lowest BCUT2D eigenvalue weighted by Gasteiger charge is -2.34. The Labute approximate surface area is 128 Å². The van der Waals surface area contributed by atoms with Gasteiger partial charge in [0.2, 0.25) is 5.91 Å². The van der Waals surface area contributed by atoms with Gasteiger partial charge in [-0.25, -0.2) is 4.98 Å². The van der Waals surface area contributed by atoms with Crippen LogP contribution in [-0.4, -0.2) is 27.9 Å². The summed E-state index contributed by atoms with van der Waals surface area (Å²) in [6.45, 7) is 2.08. The molecule has 0 spiro atoms. The Morgan fingerprint density at radius 2 is 2.00 bits per heavy atom. The van der Waals surface area contributed by atoms with Crippen LogP contribution in [0, 0.1) is 5.92 Å². The molecule has 2 aliphatic rings. The Morgan fingerprint density at radius 1 is 1.23 bits per heavy atom. The molecule has 2 aromatic heterocycles. The number of amides is 1. The van der Waals surface area contributed by atoms with E-state index < -0.39 is 0 Å². The fourth-order valence-corrected chi connectivity index (χ4v) is 2.90. The standard InChI is InChI=1S/C16H17N5O/c1-9-12-13(18-8-7-17-12)11-5-6-19-15(14(11)21(9)2)20-16(22)10-3-4-10/h5-10H,3-4H2,1-2H3,(H,19,20,22). The third-order valence-corrected chi connectivity index (χ3v) is 4.43. The lowest BCUT2D eigenvalue weighted by atomic mass is 9.98. The van der Waals surface area contributed by atoms with Gasteiger partial charge in [-0.15, -0.1) is 0 Å². The van der Waals surface area contributed by atoms with Crippen LogP contribution in [0.15, 0.2) is 24.7 Å². The van der Waals surface area contributed by atoms with Gasteiger partial charge in [-0.1, -0.05) is 0 Å². The number of carbonyl (C=O) groups excluding carboxylic acids is 1. The highest BCUT2D eigenvalue weighted by Gasteiger charge is 2.33. The smallest absolute Gasteiger partial charge is 0.228 e. The van der Waals surface area contributed by atoms with Crippen molar-refractivity contribution in [2.75, 3.05) is 17.3 Å². The number of nitrogens with one attached hydrogen (secondary N) is 1. The molecule has 4 rings (SSSR count). The molecule has 22 heavy (non-hydrogen) atoms. The van der Waals surface area contributed by atoms with Crippen LogP contribution in [0.5, 0.6) is 0 Å². The van der Waals surface area contributed by atoms with E-state index in [0.29, 0.717) is 5.82 Å². The van der Waals surface area contributed by atoms with Crippen LogP contribution in [0.4, 0.5) is 11.5 Å². The van der Waals surface area contributed by atoms with Crippen molar-refractivity contribution in [3.63, 3.8) is 0 Å². The normalized spacial score (nSPS) is 19.4. The average molecular weight is 295 g/mol. The van der Waals surface area contributed by atoms with Crippen molar-refractivity contribution < 1.29 is 4.79 Å². The number of hydrogen-bond acceptors (Lipinski definition) is 5. The first-order chi connectivity index (χ1) is 10.7. The maximum atomic E-state index is 12.1. The molecule has 1 fully saturated rings. The quantitative estimate of drug-likeness (QED) is 0.921. The Bertz CT molecular complexity index is 756. The molecule has 0 aromatic carbocycles. The van der Waals surface area contributed by atoms with E-state index >= 15 is 0 Å². The zero-order chi connectivity index (χ0) is 15.3. The van der Waals surface area contributed by atoms with Gasteiger partial charge in [-0.2, -0.15) is 0 Å². The Kier molecular flexibility index (Phi) is 2.85. The van der Waals surface area contributed by atoms with E-state index in [9.17, 15) is 4.79 Å². The maximum Gasteiger partial charge on any atom is 0.228 e. The van der Waals surface area contributed by atoms with Gasteiger partial charge in [0.05, 0.1) is 23.1 Å². The summed E-state index contributed by atoms with van der Waals surface area (Å²) in [7, 11) is 2.00. The Morgan fingerprint density at radius 3 is 2.77 bits per heavy atom. The average Bonchev–Trinajstić information content (AvgIpc) is 3.37. The summed E-state index contributed by atoms with van der Waals surface area (Å²) in [5.41, 5.74) is 3.69. The molecule has 1 unspecified atom stereocenters. The Hall–Kier alpha value is -2.50. The SMILES string of the molecule is CC1c2nccnc2-c2ccnc(NC(=O)C3CC3)c2N1C. The zero-order valence-corrected chi connectivity index (χ0v) is 12.6. The van der Waals surface area contributed by atoms with Crippen molar-refractivity contribution >= 4 is 17.4 Å². The van der Waals surface area contributed by atoms with Crippen molar-refractivity contribution in [1.82, 2.24) is 15.0 Å². The topological polar surface area (TPSA) is 71.0 Å². The fourth-order valence-electron chi connectivity index (χ4n) is 2.90. The second-order valence-electron chi connectivity index (χ2n) is 5.90. The molecule has 1 N–H and O–H groups in total. The first-order valence-electron chi connectivity index (χ1n) is 7.51. The summed E-state index contributed by atoms with van der Waals surface area (Å²) in [5, 5.41) is 2.97. The number of carbonyl (C=O) groups is 1. The van der Waals surface area contributed by atoms with Gasteiger partial charge >= 0.3 is 0 Å². The van der Waals surface area contributed by atoms with E-state index in [-0.39, 0.29) is 17.9 Å². The van der Waals surface area contributed by atoms with Crippen molar-refractivity contribution in [1.29, 1.82) is 0 Å². The lowest BCUT2D eigenvalue weighted by Crippen LogP contribution is -2.29. The summed E-state index contributed by atoms with van der Waals surface area (Å²) < 4.78 is 0. The van der Waals surface area contributed by atoms with Crippen LogP contribution in [0.2, 0.25) is 0 Å². The summed E-state index contributed by atoms with van der Waals surface area (Å²) >= 11 is 0. The van der Waals surface area contributed by atoms with E-state index in [2.05, 4.69) is 32.1 Å². The van der Waals surface area contributed by atoms with Crippen LogP contribution in [0.25, 0.3) is 11.3 Å². The molecule has 1 aliphatic heterocycles. The van der Waals surface area contributed by atoms with Gasteiger partial charge in [-0.3, -0.25) is 14.8 Å². The zero-order valence-electron chi connectivity index (χ0n) is 12.6. The van der Waals surface area contributed by atoms with Crippen molar-refractivity contribution in [2.45, 2.75) is 25.8 Å². The molecule has 3 heterocycles. The monoisotopic (exact) mass is 295 g/mol. The lowest BCUT2D eigenvalue weighted by molar-refractivity contribution is -0.117. The van der Waals surface area contributed by atoms with Gasteiger partial charge in [0.25, 0.3) is 0 Å². The second-order valence-corrected chi connectivity index (χ2v) is 5.90. The summed E-state index contributed by atoms with van der Waals surface area (Å²) in [6, 6.07) is 2.01. The molecule has 0 bridgehead atoms. The molecule has 1 saturated carbocycles. The van der Waals surface area contributed by atoms with E-state index in [1.54, 1.807) is 18.6 Å². The largest absolute Gasteiger partial charge is 0.363 e. The van der Waals surface area contributed by atoms with Gasteiger partial charge in [0.1, 0.15) is 0 Å². The molecule has 0 saturated heterocycles.